The van der Waals surface area contributed by atoms with E-state index < -0.39 is 0 Å². The van der Waals surface area contributed by atoms with Crippen molar-refractivity contribution in [3.05, 3.63) is 71.9 Å². The molecule has 0 N–H and O–H groups in total. The van der Waals surface area contributed by atoms with Gasteiger partial charge in [0.05, 0.1) is 11.6 Å². The van der Waals surface area contributed by atoms with Gasteiger partial charge in [-0.3, -0.25) is 0 Å². The van der Waals surface area contributed by atoms with Crippen LogP contribution in [-0.4, -0.2) is 4.40 Å². The predicted molar refractivity (Wildman–Crippen MR) is 156 cm³/mol. The number of pyridine rings is 1. The summed E-state index contributed by atoms with van der Waals surface area (Å²) in [5.74, 6) is 0. The summed E-state index contributed by atoms with van der Waals surface area (Å²) in [5, 5.41) is 5.56. The molecule has 0 radical (unpaired) electrons. The lowest BCUT2D eigenvalue weighted by Gasteiger charge is -2.46. The Labute approximate surface area is 217 Å². The van der Waals surface area contributed by atoms with Gasteiger partial charge in [0.1, 0.15) is 5.54 Å². The van der Waals surface area contributed by atoms with Crippen LogP contribution in [0.15, 0.2) is 60.8 Å². The quantitative estimate of drug-likeness (QED) is 0.213. The van der Waals surface area contributed by atoms with Crippen molar-refractivity contribution in [1.29, 1.82) is 0 Å². The minimum absolute atomic E-state index is 0.0188. The molecule has 1 aliphatic heterocycles. The molecule has 0 saturated carbocycles. The molecule has 7 rings (SSSR count). The molecular formula is C33H35N2S+. The Kier molecular flexibility index (Phi) is 4.68. The van der Waals surface area contributed by atoms with Crippen molar-refractivity contribution in [3.8, 4) is 0 Å². The number of hydrogen-bond donors (Lipinski definition) is 0. The van der Waals surface area contributed by atoms with Crippen LogP contribution < -0.4 is 4.57 Å². The smallest absolute Gasteiger partial charge is 0.216 e. The van der Waals surface area contributed by atoms with Crippen molar-refractivity contribution >= 4 is 59.0 Å². The van der Waals surface area contributed by atoms with Crippen molar-refractivity contribution in [2.45, 2.75) is 77.7 Å². The lowest BCUT2D eigenvalue weighted by molar-refractivity contribution is -0.728. The number of imidazole rings is 1. The van der Waals surface area contributed by atoms with Gasteiger partial charge in [0.25, 0.3) is 5.65 Å². The van der Waals surface area contributed by atoms with Crippen LogP contribution >= 0.6 is 11.3 Å². The van der Waals surface area contributed by atoms with Crippen LogP contribution in [0.2, 0.25) is 0 Å². The molecule has 0 aliphatic carbocycles. The van der Waals surface area contributed by atoms with E-state index in [2.05, 4.69) is 104 Å². The highest BCUT2D eigenvalue weighted by atomic mass is 32.1. The lowest BCUT2D eigenvalue weighted by Crippen LogP contribution is -2.66. The predicted octanol–water partition coefficient (Wildman–Crippen LogP) is 9.05. The number of rotatable bonds is 5. The average Bonchev–Trinajstić information content (AvgIpc) is 3.43. The van der Waals surface area contributed by atoms with Crippen LogP contribution in [0.4, 0.5) is 0 Å². The minimum Gasteiger partial charge on any atom is -0.216 e. The van der Waals surface area contributed by atoms with Gasteiger partial charge in [0.2, 0.25) is 0 Å². The summed E-state index contributed by atoms with van der Waals surface area (Å²) in [4.78, 5) is 0. The van der Waals surface area contributed by atoms with Gasteiger partial charge in [-0.15, -0.1) is 11.3 Å². The molecule has 3 aromatic heterocycles. The monoisotopic (exact) mass is 491 g/mol. The van der Waals surface area contributed by atoms with Gasteiger partial charge in [-0.05, 0) is 67.3 Å². The molecular weight excluding hydrogens is 456 g/mol. The largest absolute Gasteiger partial charge is 0.295 e. The molecule has 2 atom stereocenters. The topological polar surface area (TPSA) is 8.29 Å². The van der Waals surface area contributed by atoms with E-state index in [1.807, 2.05) is 11.3 Å². The standard InChI is InChI=1S/C33H35N2S/c1-6-9-11-21-14-15-23-24-19-26-27(20-29(24)36-28(23)18-21)35-31-30-22(16-17-34(26)31)12-10-13-25(30)32(4,7-2)33(35,5)8-3/h10,12-20H,6-9,11H2,1-5H3/q+1. The number of nitrogens with zero attached hydrogens (tertiary/aromatic N) is 2. The van der Waals surface area contributed by atoms with E-state index in [4.69, 9.17) is 0 Å². The highest BCUT2D eigenvalue weighted by molar-refractivity contribution is 7.25. The van der Waals surface area contributed by atoms with Crippen LogP contribution in [0, 0.1) is 0 Å². The Morgan fingerprint density at radius 2 is 1.72 bits per heavy atom. The first-order chi connectivity index (χ1) is 17.4. The molecule has 6 aromatic rings. The van der Waals surface area contributed by atoms with Crippen molar-refractivity contribution in [1.82, 2.24) is 4.40 Å². The van der Waals surface area contributed by atoms with Crippen molar-refractivity contribution in [2.75, 3.05) is 0 Å². The zero-order valence-electron chi connectivity index (χ0n) is 22.1. The third-order valence-electron chi connectivity index (χ3n) is 9.79. The SMILES string of the molecule is CCCCc1ccc2c(c1)sc1cc3c(cc12)n1ccc2cccc4c2c1[n+]3C(C)(CC)C4(C)CC. The highest BCUT2D eigenvalue weighted by Crippen LogP contribution is 2.50. The maximum Gasteiger partial charge on any atom is 0.295 e. The van der Waals surface area contributed by atoms with Gasteiger partial charge < -0.3 is 0 Å². The first-order valence-electron chi connectivity index (χ1n) is 13.7. The molecule has 0 spiro atoms. The fourth-order valence-electron chi connectivity index (χ4n) is 7.20. The van der Waals surface area contributed by atoms with Gasteiger partial charge in [-0.2, -0.15) is 4.40 Å². The number of aromatic nitrogens is 2. The first kappa shape index (κ1) is 22.3. The molecule has 3 aromatic carbocycles. The molecule has 4 heterocycles. The number of unbranched alkanes of at least 4 members (excludes halogenated alkanes) is 1. The molecule has 0 bridgehead atoms. The lowest BCUT2D eigenvalue weighted by atomic mass is 9.62. The molecule has 3 heteroatoms. The maximum atomic E-state index is 2.72. The fraction of sp³-hybridized carbons (Fsp3) is 0.364. The fourth-order valence-corrected chi connectivity index (χ4v) is 8.39. The number of fused-ring (bicyclic) bond motifs is 6. The van der Waals surface area contributed by atoms with Gasteiger partial charge in [0.15, 0.2) is 11.0 Å². The number of hydrogen-bond acceptors (Lipinski definition) is 1. The summed E-state index contributed by atoms with van der Waals surface area (Å²) in [7, 11) is 0. The molecule has 0 fully saturated rings. The molecule has 0 amide bonds. The molecule has 1 aliphatic rings. The summed E-state index contributed by atoms with van der Waals surface area (Å²) in [6, 6.07) is 21.4. The van der Waals surface area contributed by atoms with Gasteiger partial charge in [0, 0.05) is 31.7 Å². The molecule has 36 heavy (non-hydrogen) atoms. The van der Waals surface area contributed by atoms with E-state index in [0.717, 1.165) is 12.8 Å². The molecule has 2 nitrogen and oxygen atoms in total. The van der Waals surface area contributed by atoms with E-state index >= 15 is 0 Å². The van der Waals surface area contributed by atoms with Crippen LogP contribution in [0.3, 0.4) is 0 Å². The summed E-state index contributed by atoms with van der Waals surface area (Å²) in [5.41, 5.74) is 7.06. The summed E-state index contributed by atoms with van der Waals surface area (Å²) >= 11 is 1.96. The van der Waals surface area contributed by atoms with E-state index in [9.17, 15) is 0 Å². The normalized spacial score (nSPS) is 21.7. The van der Waals surface area contributed by atoms with Crippen LogP contribution in [0.5, 0.6) is 0 Å². The van der Waals surface area contributed by atoms with Crippen molar-refractivity contribution in [2.24, 2.45) is 0 Å². The van der Waals surface area contributed by atoms with Crippen LogP contribution in [0.1, 0.15) is 71.4 Å². The Bertz CT molecular complexity index is 1840. The second kappa shape index (κ2) is 7.55. The summed E-state index contributed by atoms with van der Waals surface area (Å²) in [6.07, 6.45) is 8.18. The Balaban J connectivity index is 1.63. The van der Waals surface area contributed by atoms with E-state index in [-0.39, 0.29) is 11.0 Å². The van der Waals surface area contributed by atoms with Crippen LogP contribution in [0.25, 0.3) is 47.6 Å². The summed E-state index contributed by atoms with van der Waals surface area (Å²) < 4.78 is 8.01. The molecule has 0 saturated heterocycles. The summed E-state index contributed by atoms with van der Waals surface area (Å²) in [6.45, 7) is 12.0. The zero-order valence-corrected chi connectivity index (χ0v) is 22.9. The Morgan fingerprint density at radius 1 is 0.889 bits per heavy atom. The van der Waals surface area contributed by atoms with E-state index in [0.29, 0.717) is 0 Å². The van der Waals surface area contributed by atoms with E-state index in [1.165, 1.54) is 78.0 Å². The van der Waals surface area contributed by atoms with Crippen LogP contribution in [-0.2, 0) is 17.4 Å². The van der Waals surface area contributed by atoms with Gasteiger partial charge in [-0.25, -0.2) is 4.57 Å². The second-order valence-electron chi connectivity index (χ2n) is 11.3. The Morgan fingerprint density at radius 3 is 2.50 bits per heavy atom. The minimum atomic E-state index is -0.0188. The number of benzene rings is 3. The van der Waals surface area contributed by atoms with Gasteiger partial charge in [-0.1, -0.05) is 64.4 Å². The Hall–Kier alpha value is -2.91. The van der Waals surface area contributed by atoms with Crippen molar-refractivity contribution in [3.63, 3.8) is 0 Å². The number of aryl methyl sites for hydroxylation is 1. The number of thiophene rings is 1. The maximum absolute atomic E-state index is 2.72. The first-order valence-corrected chi connectivity index (χ1v) is 14.5. The van der Waals surface area contributed by atoms with Crippen molar-refractivity contribution < 1.29 is 4.57 Å². The third kappa shape index (κ3) is 2.60. The van der Waals surface area contributed by atoms with E-state index in [1.54, 1.807) is 0 Å². The second-order valence-corrected chi connectivity index (χ2v) is 12.4. The zero-order chi connectivity index (χ0) is 24.8. The third-order valence-corrected chi connectivity index (χ3v) is 10.9. The van der Waals surface area contributed by atoms with Gasteiger partial charge >= 0.3 is 0 Å². The molecule has 2 unspecified atom stereocenters. The average molecular weight is 492 g/mol. The molecule has 182 valence electrons. The highest BCUT2D eigenvalue weighted by Gasteiger charge is 2.54.